The minimum Gasteiger partial charge on any atom is -0.397 e. The summed E-state index contributed by atoms with van der Waals surface area (Å²) in [7, 11) is 0. The molecule has 0 spiro atoms. The van der Waals surface area contributed by atoms with Gasteiger partial charge in [-0.2, -0.15) is 0 Å². The van der Waals surface area contributed by atoms with Gasteiger partial charge in [0.15, 0.2) is 0 Å². The number of anilines is 1. The van der Waals surface area contributed by atoms with Crippen LogP contribution in [0.4, 0.5) is 5.69 Å². The van der Waals surface area contributed by atoms with Crippen LogP contribution in [0.15, 0.2) is 12.3 Å². The number of carbonyl (C=O) groups is 1. The Morgan fingerprint density at radius 1 is 1.55 bits per heavy atom. The molecule has 0 aliphatic carbocycles. The smallest absolute Gasteiger partial charge is 0.256 e. The molecule has 20 heavy (non-hydrogen) atoms. The topological polar surface area (TPSA) is 88.7 Å². The van der Waals surface area contributed by atoms with Crippen molar-refractivity contribution in [1.29, 1.82) is 0 Å². The zero-order chi connectivity index (χ0) is 14.5. The number of likely N-dealkylation sites (tertiary alicyclic amines) is 1. The Morgan fingerprint density at radius 3 is 2.90 bits per heavy atom. The molecule has 2 heterocycles. The zero-order valence-corrected chi connectivity index (χ0v) is 11.8. The van der Waals surface area contributed by atoms with Crippen LogP contribution in [0.1, 0.15) is 23.2 Å². The molecular weight excluding hydrogens is 282 g/mol. The third-order valence-electron chi connectivity index (χ3n) is 3.31. The quantitative estimate of drug-likeness (QED) is 0.808. The number of halogens is 1. The van der Waals surface area contributed by atoms with Crippen molar-refractivity contribution in [1.82, 2.24) is 9.88 Å². The number of aliphatic hydroxyl groups is 1. The summed E-state index contributed by atoms with van der Waals surface area (Å²) >= 11 is 5.80. The van der Waals surface area contributed by atoms with Crippen LogP contribution >= 0.6 is 11.6 Å². The highest BCUT2D eigenvalue weighted by Gasteiger charge is 2.25. The molecular formula is C13H18ClN3O3. The largest absolute Gasteiger partial charge is 0.397 e. The standard InChI is InChI=1S/C13H18ClN3O3/c14-12-7-10(11(15)8-16-12)13(19)17-3-1-9(2-4-17)20-6-5-18/h7-9,18H,1-6,15H2. The molecule has 0 atom stereocenters. The SMILES string of the molecule is Nc1cnc(Cl)cc1C(=O)N1CCC(OCCO)CC1. The number of ether oxygens (including phenoxy) is 1. The van der Waals surface area contributed by atoms with Crippen LogP contribution in [0.5, 0.6) is 0 Å². The van der Waals surface area contributed by atoms with E-state index in [1.807, 2.05) is 0 Å². The summed E-state index contributed by atoms with van der Waals surface area (Å²) in [4.78, 5) is 17.9. The lowest BCUT2D eigenvalue weighted by Crippen LogP contribution is -2.41. The molecule has 0 radical (unpaired) electrons. The van der Waals surface area contributed by atoms with E-state index in [2.05, 4.69) is 4.98 Å². The van der Waals surface area contributed by atoms with E-state index in [0.717, 1.165) is 12.8 Å². The molecule has 0 unspecified atom stereocenters. The van der Waals surface area contributed by atoms with Gasteiger partial charge in [-0.05, 0) is 18.9 Å². The average molecular weight is 300 g/mol. The van der Waals surface area contributed by atoms with Crippen LogP contribution in [-0.4, -0.2) is 53.3 Å². The summed E-state index contributed by atoms with van der Waals surface area (Å²) in [6.45, 7) is 1.57. The fourth-order valence-corrected chi connectivity index (χ4v) is 2.40. The van der Waals surface area contributed by atoms with E-state index in [-0.39, 0.29) is 23.8 Å². The first-order valence-electron chi connectivity index (χ1n) is 6.54. The van der Waals surface area contributed by atoms with Gasteiger partial charge in [0.25, 0.3) is 5.91 Å². The normalized spacial score (nSPS) is 16.4. The Labute approximate surface area is 122 Å². The van der Waals surface area contributed by atoms with E-state index in [1.54, 1.807) is 4.90 Å². The van der Waals surface area contributed by atoms with Crippen molar-refractivity contribution in [2.75, 3.05) is 32.0 Å². The number of nitrogens with zero attached hydrogens (tertiary/aromatic N) is 2. The highest BCUT2D eigenvalue weighted by Crippen LogP contribution is 2.20. The van der Waals surface area contributed by atoms with Crippen LogP contribution in [0.2, 0.25) is 5.15 Å². The Balaban J connectivity index is 1.96. The van der Waals surface area contributed by atoms with Crippen LogP contribution < -0.4 is 5.73 Å². The maximum absolute atomic E-state index is 12.4. The van der Waals surface area contributed by atoms with Crippen LogP contribution in [-0.2, 0) is 4.74 Å². The molecule has 0 saturated carbocycles. The number of hydrogen-bond acceptors (Lipinski definition) is 5. The van der Waals surface area contributed by atoms with Gasteiger partial charge in [-0.1, -0.05) is 11.6 Å². The third-order valence-corrected chi connectivity index (χ3v) is 3.51. The lowest BCUT2D eigenvalue weighted by atomic mass is 10.1. The van der Waals surface area contributed by atoms with Crippen molar-refractivity contribution < 1.29 is 14.6 Å². The molecule has 2 rings (SSSR count). The molecule has 0 bridgehead atoms. The van der Waals surface area contributed by atoms with E-state index in [1.165, 1.54) is 12.3 Å². The molecule has 3 N–H and O–H groups in total. The highest BCUT2D eigenvalue weighted by molar-refractivity contribution is 6.29. The lowest BCUT2D eigenvalue weighted by molar-refractivity contribution is -0.00552. The average Bonchev–Trinajstić information content (AvgIpc) is 2.47. The second-order valence-electron chi connectivity index (χ2n) is 4.68. The first kappa shape index (κ1) is 15.0. The fourth-order valence-electron chi connectivity index (χ4n) is 2.24. The van der Waals surface area contributed by atoms with Crippen molar-refractivity contribution >= 4 is 23.2 Å². The summed E-state index contributed by atoms with van der Waals surface area (Å²) in [5.74, 6) is -0.132. The van der Waals surface area contributed by atoms with E-state index >= 15 is 0 Å². The molecule has 7 heteroatoms. The molecule has 6 nitrogen and oxygen atoms in total. The summed E-state index contributed by atoms with van der Waals surface area (Å²) in [6.07, 6.45) is 3.01. The zero-order valence-electron chi connectivity index (χ0n) is 11.1. The number of nitrogen functional groups attached to an aromatic ring is 1. The Hall–Kier alpha value is -1.37. The molecule has 1 aliphatic heterocycles. The van der Waals surface area contributed by atoms with Crippen LogP contribution in [0.25, 0.3) is 0 Å². The van der Waals surface area contributed by atoms with E-state index < -0.39 is 0 Å². The monoisotopic (exact) mass is 299 g/mol. The first-order chi connectivity index (χ1) is 9.61. The number of hydrogen-bond donors (Lipinski definition) is 2. The van der Waals surface area contributed by atoms with E-state index in [4.69, 9.17) is 27.2 Å². The maximum atomic E-state index is 12.4. The van der Waals surface area contributed by atoms with Crippen LogP contribution in [0, 0.1) is 0 Å². The van der Waals surface area contributed by atoms with Gasteiger partial charge < -0.3 is 20.5 Å². The maximum Gasteiger partial charge on any atom is 0.256 e. The number of rotatable bonds is 4. The molecule has 1 aliphatic rings. The minimum absolute atomic E-state index is 0.0190. The molecule has 0 aromatic carbocycles. The van der Waals surface area contributed by atoms with Crippen molar-refractivity contribution in [2.45, 2.75) is 18.9 Å². The fraction of sp³-hybridized carbons (Fsp3) is 0.538. The summed E-state index contributed by atoms with van der Waals surface area (Å²) < 4.78 is 5.46. The first-order valence-corrected chi connectivity index (χ1v) is 6.92. The van der Waals surface area contributed by atoms with Crippen molar-refractivity contribution in [3.63, 3.8) is 0 Å². The van der Waals surface area contributed by atoms with E-state index in [9.17, 15) is 4.79 Å². The van der Waals surface area contributed by atoms with Crippen molar-refractivity contribution in [2.24, 2.45) is 0 Å². The number of piperidine rings is 1. The third kappa shape index (κ3) is 3.59. The number of aliphatic hydroxyl groups excluding tert-OH is 1. The lowest BCUT2D eigenvalue weighted by Gasteiger charge is -2.32. The summed E-state index contributed by atoms with van der Waals surface area (Å²) in [6, 6.07) is 1.49. The van der Waals surface area contributed by atoms with Gasteiger partial charge in [-0.15, -0.1) is 0 Å². The van der Waals surface area contributed by atoms with Gasteiger partial charge in [-0.25, -0.2) is 4.98 Å². The number of amides is 1. The molecule has 1 saturated heterocycles. The Bertz CT molecular complexity index is 476. The second-order valence-corrected chi connectivity index (χ2v) is 5.07. The molecule has 1 aromatic rings. The molecule has 1 amide bonds. The Kier molecular flexibility index (Phi) is 5.17. The van der Waals surface area contributed by atoms with Gasteiger partial charge >= 0.3 is 0 Å². The van der Waals surface area contributed by atoms with Crippen LogP contribution in [0.3, 0.4) is 0 Å². The summed E-state index contributed by atoms with van der Waals surface area (Å²) in [5.41, 5.74) is 6.49. The predicted molar refractivity (Wildman–Crippen MR) is 75.6 cm³/mol. The Morgan fingerprint density at radius 2 is 2.25 bits per heavy atom. The molecule has 110 valence electrons. The van der Waals surface area contributed by atoms with Gasteiger partial charge in [-0.3, -0.25) is 4.79 Å². The predicted octanol–water partition coefficient (Wildman–Crippen LogP) is 0.931. The summed E-state index contributed by atoms with van der Waals surface area (Å²) in [5, 5.41) is 8.97. The highest BCUT2D eigenvalue weighted by atomic mass is 35.5. The van der Waals surface area contributed by atoms with Gasteiger partial charge in [0.05, 0.1) is 36.8 Å². The van der Waals surface area contributed by atoms with Gasteiger partial charge in [0, 0.05) is 13.1 Å². The van der Waals surface area contributed by atoms with Crippen molar-refractivity contribution in [3.8, 4) is 0 Å². The van der Waals surface area contributed by atoms with E-state index in [0.29, 0.717) is 30.9 Å². The molecule has 1 aromatic heterocycles. The number of aromatic nitrogens is 1. The minimum atomic E-state index is -0.132. The van der Waals surface area contributed by atoms with Gasteiger partial charge in [0.1, 0.15) is 5.15 Å². The van der Waals surface area contributed by atoms with Gasteiger partial charge in [0.2, 0.25) is 0 Å². The molecule has 1 fully saturated rings. The number of pyridine rings is 1. The second kappa shape index (κ2) is 6.88. The number of nitrogens with two attached hydrogens (primary N) is 1. The van der Waals surface area contributed by atoms with Crippen molar-refractivity contribution in [3.05, 3.63) is 23.0 Å². The number of carbonyl (C=O) groups excluding carboxylic acids is 1.